The molecule has 3 nitrogen and oxygen atoms in total. The van der Waals surface area contributed by atoms with E-state index in [1.165, 1.54) is 0 Å². The zero-order valence-electron chi connectivity index (χ0n) is 6.70. The van der Waals surface area contributed by atoms with E-state index < -0.39 is 0 Å². The van der Waals surface area contributed by atoms with E-state index >= 15 is 0 Å². The van der Waals surface area contributed by atoms with Crippen molar-refractivity contribution in [3.05, 3.63) is 28.5 Å². The van der Waals surface area contributed by atoms with E-state index in [1.807, 2.05) is 13.0 Å². The molecular weight excluding hydrogens is 220 g/mol. The fourth-order valence-corrected chi connectivity index (χ4v) is 1.09. The summed E-state index contributed by atoms with van der Waals surface area (Å²) in [4.78, 5) is 12.3. The lowest BCUT2D eigenvalue weighted by atomic mass is 10.3. The van der Waals surface area contributed by atoms with Gasteiger partial charge in [-0.3, -0.25) is 9.48 Å². The van der Waals surface area contributed by atoms with Gasteiger partial charge in [0.05, 0.1) is 12.7 Å². The van der Waals surface area contributed by atoms with Crippen LogP contribution in [0.15, 0.2) is 17.3 Å². The van der Waals surface area contributed by atoms with Gasteiger partial charge in [0.15, 0.2) is 6.29 Å². The standard InChI is InChI=1S/C8H9BrN2O/c1-7-5-10-11(4-2-3-9)8(7)6-12/h2-3,5-6H,4H2,1H3. The highest BCUT2D eigenvalue weighted by molar-refractivity contribution is 9.11. The second kappa shape index (κ2) is 4.21. The van der Waals surface area contributed by atoms with Crippen LogP contribution < -0.4 is 0 Å². The molecule has 0 aromatic carbocycles. The van der Waals surface area contributed by atoms with Crippen LogP contribution >= 0.6 is 15.9 Å². The summed E-state index contributed by atoms with van der Waals surface area (Å²) in [6.45, 7) is 2.48. The molecule has 1 rings (SSSR count). The molecule has 0 aliphatic heterocycles. The Balaban J connectivity index is 2.91. The van der Waals surface area contributed by atoms with Gasteiger partial charge in [0.25, 0.3) is 0 Å². The highest BCUT2D eigenvalue weighted by Gasteiger charge is 2.03. The average Bonchev–Trinajstić information content (AvgIpc) is 2.43. The summed E-state index contributed by atoms with van der Waals surface area (Å²) in [5.74, 6) is 0. The van der Waals surface area contributed by atoms with Crippen molar-refractivity contribution in [2.75, 3.05) is 0 Å². The quantitative estimate of drug-likeness (QED) is 0.742. The highest BCUT2D eigenvalue weighted by Crippen LogP contribution is 2.03. The van der Waals surface area contributed by atoms with Crippen LogP contribution in [-0.4, -0.2) is 16.1 Å². The summed E-state index contributed by atoms with van der Waals surface area (Å²) in [7, 11) is 0. The molecule has 64 valence electrons. The first-order valence-corrected chi connectivity index (χ1v) is 4.44. The molecule has 0 radical (unpaired) electrons. The molecule has 0 saturated heterocycles. The maximum atomic E-state index is 10.6. The molecule has 0 fully saturated rings. The number of halogens is 1. The summed E-state index contributed by atoms with van der Waals surface area (Å²) in [6.07, 6.45) is 4.38. The van der Waals surface area contributed by atoms with Crippen LogP contribution in [0.3, 0.4) is 0 Å². The van der Waals surface area contributed by atoms with Gasteiger partial charge < -0.3 is 0 Å². The van der Waals surface area contributed by atoms with Gasteiger partial charge in [-0.1, -0.05) is 22.0 Å². The lowest BCUT2D eigenvalue weighted by Gasteiger charge is -1.97. The predicted octanol–water partition coefficient (Wildman–Crippen LogP) is 1.91. The Kier molecular flexibility index (Phi) is 3.22. The smallest absolute Gasteiger partial charge is 0.168 e. The van der Waals surface area contributed by atoms with Gasteiger partial charge in [-0.2, -0.15) is 5.10 Å². The largest absolute Gasteiger partial charge is 0.296 e. The van der Waals surface area contributed by atoms with E-state index in [9.17, 15) is 4.79 Å². The topological polar surface area (TPSA) is 34.9 Å². The Morgan fingerprint density at radius 2 is 2.50 bits per heavy atom. The second-order valence-corrected chi connectivity index (χ2v) is 2.90. The first kappa shape index (κ1) is 9.19. The molecule has 0 atom stereocenters. The molecule has 0 spiro atoms. The van der Waals surface area contributed by atoms with E-state index in [0.29, 0.717) is 12.2 Å². The van der Waals surface area contributed by atoms with Crippen LogP contribution in [0.2, 0.25) is 0 Å². The summed E-state index contributed by atoms with van der Waals surface area (Å²) >= 11 is 3.15. The van der Waals surface area contributed by atoms with Crippen molar-refractivity contribution in [2.45, 2.75) is 13.5 Å². The number of nitrogens with zero attached hydrogens (tertiary/aromatic N) is 2. The third kappa shape index (κ3) is 1.82. The molecular formula is C8H9BrN2O. The van der Waals surface area contributed by atoms with Crippen molar-refractivity contribution in [3.63, 3.8) is 0 Å². The Hall–Kier alpha value is -0.900. The molecule has 0 aliphatic rings. The second-order valence-electron chi connectivity index (χ2n) is 2.37. The van der Waals surface area contributed by atoms with Gasteiger partial charge in [0, 0.05) is 0 Å². The third-order valence-corrected chi connectivity index (χ3v) is 1.93. The summed E-state index contributed by atoms with van der Waals surface area (Å²) < 4.78 is 1.65. The highest BCUT2D eigenvalue weighted by atomic mass is 79.9. The SMILES string of the molecule is Cc1cnn(CC=CBr)c1C=O. The molecule has 1 aromatic heterocycles. The summed E-state index contributed by atoms with van der Waals surface area (Å²) in [5, 5.41) is 4.04. The van der Waals surface area contributed by atoms with Crippen molar-refractivity contribution in [2.24, 2.45) is 0 Å². The number of carbonyl (C=O) groups excluding carboxylic acids is 1. The number of allylic oxidation sites excluding steroid dienone is 1. The van der Waals surface area contributed by atoms with Gasteiger partial charge in [-0.05, 0) is 17.5 Å². The minimum Gasteiger partial charge on any atom is -0.296 e. The molecule has 1 heterocycles. The fraction of sp³-hybridized carbons (Fsp3) is 0.250. The lowest BCUT2D eigenvalue weighted by molar-refractivity contribution is 0.111. The normalized spacial score (nSPS) is 10.8. The van der Waals surface area contributed by atoms with Crippen molar-refractivity contribution in [1.29, 1.82) is 0 Å². The number of aryl methyl sites for hydroxylation is 1. The van der Waals surface area contributed by atoms with Crippen molar-refractivity contribution < 1.29 is 4.79 Å². The van der Waals surface area contributed by atoms with E-state index in [1.54, 1.807) is 15.9 Å². The van der Waals surface area contributed by atoms with E-state index in [0.717, 1.165) is 11.8 Å². The Morgan fingerprint density at radius 1 is 1.75 bits per heavy atom. The molecule has 0 aliphatic carbocycles. The minimum atomic E-state index is 0.618. The molecule has 4 heteroatoms. The third-order valence-electron chi connectivity index (χ3n) is 1.55. The number of hydrogen-bond acceptors (Lipinski definition) is 2. The van der Waals surface area contributed by atoms with Crippen LogP contribution in [-0.2, 0) is 6.54 Å². The predicted molar refractivity (Wildman–Crippen MR) is 50.4 cm³/mol. The number of aromatic nitrogens is 2. The molecule has 1 aromatic rings. The summed E-state index contributed by atoms with van der Waals surface area (Å²) in [6, 6.07) is 0. The number of carbonyl (C=O) groups is 1. The number of aldehydes is 1. The number of rotatable bonds is 3. The molecule has 0 N–H and O–H groups in total. The molecule has 0 unspecified atom stereocenters. The minimum absolute atomic E-state index is 0.618. The zero-order valence-corrected chi connectivity index (χ0v) is 8.28. The van der Waals surface area contributed by atoms with Gasteiger partial charge in [-0.15, -0.1) is 0 Å². The zero-order chi connectivity index (χ0) is 8.97. The maximum Gasteiger partial charge on any atom is 0.168 e. The van der Waals surface area contributed by atoms with Crippen LogP contribution in [0.5, 0.6) is 0 Å². The fourth-order valence-electron chi connectivity index (χ4n) is 0.927. The first-order chi connectivity index (χ1) is 5.79. The Bertz CT molecular complexity index is 304. The van der Waals surface area contributed by atoms with E-state index in [2.05, 4.69) is 21.0 Å². The molecule has 12 heavy (non-hydrogen) atoms. The van der Waals surface area contributed by atoms with Crippen molar-refractivity contribution >= 4 is 22.2 Å². The van der Waals surface area contributed by atoms with Gasteiger partial charge in [0.2, 0.25) is 0 Å². The average molecular weight is 229 g/mol. The molecule has 0 saturated carbocycles. The monoisotopic (exact) mass is 228 g/mol. The van der Waals surface area contributed by atoms with E-state index in [-0.39, 0.29) is 0 Å². The van der Waals surface area contributed by atoms with Gasteiger partial charge in [0.1, 0.15) is 5.69 Å². The van der Waals surface area contributed by atoms with Crippen LogP contribution in [0, 0.1) is 6.92 Å². The number of hydrogen-bond donors (Lipinski definition) is 0. The van der Waals surface area contributed by atoms with Crippen LogP contribution in [0.4, 0.5) is 0 Å². The van der Waals surface area contributed by atoms with E-state index in [4.69, 9.17) is 0 Å². The molecule has 0 amide bonds. The summed E-state index contributed by atoms with van der Waals surface area (Å²) in [5.41, 5.74) is 1.55. The molecule has 0 bridgehead atoms. The van der Waals surface area contributed by atoms with Crippen LogP contribution in [0.25, 0.3) is 0 Å². The Labute approximate surface area is 79.2 Å². The van der Waals surface area contributed by atoms with Crippen molar-refractivity contribution in [3.8, 4) is 0 Å². The lowest BCUT2D eigenvalue weighted by Crippen LogP contribution is -2.02. The van der Waals surface area contributed by atoms with Gasteiger partial charge >= 0.3 is 0 Å². The maximum absolute atomic E-state index is 10.6. The first-order valence-electron chi connectivity index (χ1n) is 3.52. The van der Waals surface area contributed by atoms with Crippen LogP contribution in [0.1, 0.15) is 16.1 Å². The Morgan fingerprint density at radius 3 is 3.08 bits per heavy atom. The van der Waals surface area contributed by atoms with Gasteiger partial charge in [-0.25, -0.2) is 0 Å². The van der Waals surface area contributed by atoms with Crippen molar-refractivity contribution in [1.82, 2.24) is 9.78 Å².